The first-order valence-corrected chi connectivity index (χ1v) is 8.16. The standard InChI is InChI=1S/C18H19N3O3/c1-20-13-5-12(6-14(20)10-24-9-13)21-8-16(18(22)23)15-4-11(7-19)2-3-17(15)21/h2-4,8,12-14H,5-6,9-10H2,1H3,(H,22,23). The van der Waals surface area contributed by atoms with Crippen LogP contribution in [-0.2, 0) is 4.74 Å². The third-order valence-corrected chi connectivity index (χ3v) is 5.45. The lowest BCUT2D eigenvalue weighted by Gasteiger charge is -2.47. The second-order valence-electron chi connectivity index (χ2n) is 6.73. The quantitative estimate of drug-likeness (QED) is 0.916. The van der Waals surface area contributed by atoms with Crippen molar-refractivity contribution in [1.29, 1.82) is 5.26 Å². The number of hydrogen-bond donors (Lipinski definition) is 1. The number of rotatable bonds is 2. The van der Waals surface area contributed by atoms with E-state index in [9.17, 15) is 9.90 Å². The number of piperidine rings is 1. The third kappa shape index (κ3) is 2.29. The van der Waals surface area contributed by atoms with Gasteiger partial charge in [-0.05, 0) is 38.1 Å². The molecular weight excluding hydrogens is 306 g/mol. The second kappa shape index (κ2) is 5.62. The van der Waals surface area contributed by atoms with Crippen molar-refractivity contribution in [2.75, 3.05) is 20.3 Å². The van der Waals surface area contributed by atoms with Crippen molar-refractivity contribution in [3.05, 3.63) is 35.5 Å². The predicted octanol–water partition coefficient (Wildman–Crippen LogP) is 2.25. The van der Waals surface area contributed by atoms with Crippen LogP contribution < -0.4 is 0 Å². The zero-order valence-electron chi connectivity index (χ0n) is 13.5. The summed E-state index contributed by atoms with van der Waals surface area (Å²) in [6.45, 7) is 1.46. The zero-order chi connectivity index (χ0) is 16.8. The Hall–Kier alpha value is -2.36. The molecule has 2 saturated heterocycles. The molecule has 0 spiro atoms. The third-order valence-electron chi connectivity index (χ3n) is 5.45. The van der Waals surface area contributed by atoms with Crippen LogP contribution in [0.25, 0.3) is 10.9 Å². The van der Waals surface area contributed by atoms with Gasteiger partial charge < -0.3 is 14.4 Å². The van der Waals surface area contributed by atoms with Crippen molar-refractivity contribution in [1.82, 2.24) is 9.47 Å². The van der Waals surface area contributed by atoms with E-state index in [0.29, 0.717) is 23.0 Å². The van der Waals surface area contributed by atoms with Gasteiger partial charge in [-0.3, -0.25) is 4.90 Å². The number of nitrogens with zero attached hydrogens (tertiary/aromatic N) is 3. The van der Waals surface area contributed by atoms with E-state index in [-0.39, 0.29) is 11.6 Å². The number of aromatic nitrogens is 1. The first-order valence-electron chi connectivity index (χ1n) is 8.16. The Bertz CT molecular complexity index is 837. The summed E-state index contributed by atoms with van der Waals surface area (Å²) in [6.07, 6.45) is 3.62. The molecule has 2 bridgehead atoms. The van der Waals surface area contributed by atoms with Gasteiger partial charge in [0.25, 0.3) is 0 Å². The summed E-state index contributed by atoms with van der Waals surface area (Å²) in [7, 11) is 2.14. The minimum atomic E-state index is -0.953. The van der Waals surface area contributed by atoms with Crippen LogP contribution in [0.4, 0.5) is 0 Å². The topological polar surface area (TPSA) is 78.5 Å². The van der Waals surface area contributed by atoms with Gasteiger partial charge in [0.2, 0.25) is 0 Å². The molecule has 2 aromatic rings. The second-order valence-corrected chi connectivity index (χ2v) is 6.73. The molecule has 1 aromatic heterocycles. The van der Waals surface area contributed by atoms with Crippen molar-refractivity contribution >= 4 is 16.9 Å². The van der Waals surface area contributed by atoms with Gasteiger partial charge in [-0.15, -0.1) is 0 Å². The number of carbonyl (C=O) groups is 1. The Kier molecular flexibility index (Phi) is 3.56. The Balaban J connectivity index is 1.80. The van der Waals surface area contributed by atoms with Gasteiger partial charge in [-0.25, -0.2) is 4.79 Å². The van der Waals surface area contributed by atoms with Gasteiger partial charge in [0.05, 0.1) is 30.4 Å². The molecule has 0 aliphatic carbocycles. The smallest absolute Gasteiger partial charge is 0.337 e. The summed E-state index contributed by atoms with van der Waals surface area (Å²) in [6, 6.07) is 8.37. The summed E-state index contributed by atoms with van der Waals surface area (Å²) < 4.78 is 7.77. The number of ether oxygens (including phenoxy) is 1. The highest BCUT2D eigenvalue weighted by atomic mass is 16.5. The van der Waals surface area contributed by atoms with Crippen LogP contribution in [0.2, 0.25) is 0 Å². The highest BCUT2D eigenvalue weighted by molar-refractivity contribution is 6.03. The van der Waals surface area contributed by atoms with Crippen LogP contribution >= 0.6 is 0 Å². The maximum atomic E-state index is 11.6. The first kappa shape index (κ1) is 15.2. The van der Waals surface area contributed by atoms with E-state index in [1.807, 2.05) is 6.07 Å². The van der Waals surface area contributed by atoms with Gasteiger partial charge in [0.1, 0.15) is 0 Å². The number of carboxylic acids is 1. The Morgan fingerprint density at radius 2 is 2.00 bits per heavy atom. The summed E-state index contributed by atoms with van der Waals surface area (Å²) >= 11 is 0. The molecule has 1 aromatic carbocycles. The van der Waals surface area contributed by atoms with Crippen molar-refractivity contribution in [2.45, 2.75) is 31.0 Å². The van der Waals surface area contributed by atoms with Crippen LogP contribution in [0, 0.1) is 11.3 Å². The van der Waals surface area contributed by atoms with E-state index in [4.69, 9.17) is 10.00 Å². The molecule has 2 unspecified atom stereocenters. The molecule has 4 rings (SSSR count). The van der Waals surface area contributed by atoms with E-state index in [0.717, 1.165) is 31.6 Å². The van der Waals surface area contributed by atoms with E-state index < -0.39 is 5.97 Å². The molecule has 0 radical (unpaired) electrons. The average Bonchev–Trinajstić information content (AvgIpc) is 2.93. The van der Waals surface area contributed by atoms with Crippen molar-refractivity contribution in [3.8, 4) is 6.07 Å². The first-order chi connectivity index (χ1) is 11.6. The van der Waals surface area contributed by atoms with Crippen LogP contribution in [0.15, 0.2) is 24.4 Å². The average molecular weight is 325 g/mol. The van der Waals surface area contributed by atoms with Crippen molar-refractivity contribution in [2.24, 2.45) is 0 Å². The molecule has 124 valence electrons. The zero-order valence-corrected chi connectivity index (χ0v) is 13.5. The summed E-state index contributed by atoms with van der Waals surface area (Å²) in [5.41, 5.74) is 1.64. The number of fused-ring (bicyclic) bond motifs is 3. The van der Waals surface area contributed by atoms with Gasteiger partial charge in [-0.1, -0.05) is 0 Å². The molecule has 2 aliphatic heterocycles. The molecule has 3 heterocycles. The fourth-order valence-electron chi connectivity index (χ4n) is 4.09. The molecule has 2 atom stereocenters. The Labute approximate surface area is 139 Å². The lowest BCUT2D eigenvalue weighted by molar-refractivity contribution is -0.0719. The van der Waals surface area contributed by atoms with Crippen molar-refractivity contribution in [3.63, 3.8) is 0 Å². The molecule has 6 nitrogen and oxygen atoms in total. The Morgan fingerprint density at radius 1 is 1.29 bits per heavy atom. The van der Waals surface area contributed by atoms with Crippen LogP contribution in [-0.4, -0.2) is 52.9 Å². The maximum Gasteiger partial charge on any atom is 0.337 e. The number of morpholine rings is 1. The molecule has 24 heavy (non-hydrogen) atoms. The molecule has 1 N–H and O–H groups in total. The predicted molar refractivity (Wildman–Crippen MR) is 88.0 cm³/mol. The monoisotopic (exact) mass is 325 g/mol. The van der Waals surface area contributed by atoms with E-state index in [1.54, 1.807) is 18.3 Å². The van der Waals surface area contributed by atoms with Gasteiger partial charge in [-0.2, -0.15) is 5.26 Å². The number of likely N-dealkylation sites (N-methyl/N-ethyl adjacent to an activating group) is 1. The van der Waals surface area contributed by atoms with E-state index in [1.165, 1.54) is 0 Å². The Morgan fingerprint density at radius 3 is 2.62 bits per heavy atom. The number of benzene rings is 1. The van der Waals surface area contributed by atoms with E-state index >= 15 is 0 Å². The van der Waals surface area contributed by atoms with Crippen LogP contribution in [0.5, 0.6) is 0 Å². The molecule has 0 saturated carbocycles. The normalized spacial score (nSPS) is 27.1. The molecule has 2 fully saturated rings. The number of aromatic carboxylic acids is 1. The van der Waals surface area contributed by atoms with E-state index in [2.05, 4.69) is 22.6 Å². The van der Waals surface area contributed by atoms with Crippen LogP contribution in [0.3, 0.4) is 0 Å². The minimum absolute atomic E-state index is 0.253. The summed E-state index contributed by atoms with van der Waals surface area (Å²) in [4.78, 5) is 14.0. The minimum Gasteiger partial charge on any atom is -0.478 e. The number of hydrogen-bond acceptors (Lipinski definition) is 4. The van der Waals surface area contributed by atoms with Crippen molar-refractivity contribution < 1.29 is 14.6 Å². The number of carboxylic acid groups (broad SMARTS) is 1. The highest BCUT2D eigenvalue weighted by Crippen LogP contribution is 2.36. The fourth-order valence-corrected chi connectivity index (χ4v) is 4.09. The molecule has 2 aliphatic rings. The molecule has 0 amide bonds. The lowest BCUT2D eigenvalue weighted by atomic mass is 9.90. The largest absolute Gasteiger partial charge is 0.478 e. The van der Waals surface area contributed by atoms with Gasteiger partial charge in [0, 0.05) is 35.2 Å². The SMILES string of the molecule is CN1C2COCC1CC(n1cc(C(=O)O)c3cc(C#N)ccc31)C2. The fraction of sp³-hybridized carbons (Fsp3) is 0.444. The molecular formula is C18H19N3O3. The van der Waals surface area contributed by atoms with Gasteiger partial charge in [0.15, 0.2) is 0 Å². The molecule has 6 heteroatoms. The number of nitriles is 1. The van der Waals surface area contributed by atoms with Gasteiger partial charge >= 0.3 is 5.97 Å². The maximum absolute atomic E-state index is 11.6. The highest BCUT2D eigenvalue weighted by Gasteiger charge is 2.38. The summed E-state index contributed by atoms with van der Waals surface area (Å²) in [5, 5.41) is 19.3. The summed E-state index contributed by atoms with van der Waals surface area (Å²) in [5.74, 6) is -0.953. The van der Waals surface area contributed by atoms with Crippen LogP contribution in [0.1, 0.15) is 34.8 Å². The lowest BCUT2D eigenvalue weighted by Crippen LogP contribution is -2.55.